The zero-order valence-electron chi connectivity index (χ0n) is 15.9. The van der Waals surface area contributed by atoms with Gasteiger partial charge >= 0.3 is 0 Å². The van der Waals surface area contributed by atoms with Crippen LogP contribution in [-0.4, -0.2) is 28.9 Å². The monoisotopic (exact) mass is 395 g/mol. The SMILES string of the molecule is CCCC[C@@H]1[C@@H]2C(=O)N(c3ccc([N+](=O)[O-])cc3)C(=O)[C@H]2ON1c1ccccc1. The maximum absolute atomic E-state index is 13.2. The molecule has 2 aromatic carbocycles. The van der Waals surface area contributed by atoms with E-state index in [1.807, 2.05) is 30.3 Å². The molecule has 2 fully saturated rings. The highest BCUT2D eigenvalue weighted by atomic mass is 16.7. The van der Waals surface area contributed by atoms with Crippen LogP contribution in [0, 0.1) is 16.0 Å². The largest absolute Gasteiger partial charge is 0.273 e. The van der Waals surface area contributed by atoms with Gasteiger partial charge in [-0.05, 0) is 30.7 Å². The number of para-hydroxylation sites is 1. The summed E-state index contributed by atoms with van der Waals surface area (Å²) in [5.74, 6) is -1.37. The molecule has 3 atom stereocenters. The first kappa shape index (κ1) is 19.1. The first-order valence-electron chi connectivity index (χ1n) is 9.66. The Morgan fingerprint density at radius 1 is 1.00 bits per heavy atom. The van der Waals surface area contributed by atoms with E-state index in [0.29, 0.717) is 5.69 Å². The average molecular weight is 395 g/mol. The summed E-state index contributed by atoms with van der Waals surface area (Å²) in [5, 5.41) is 12.6. The number of hydrogen-bond donors (Lipinski definition) is 0. The zero-order valence-corrected chi connectivity index (χ0v) is 15.9. The molecule has 29 heavy (non-hydrogen) atoms. The highest BCUT2D eigenvalue weighted by Gasteiger charge is 2.59. The molecule has 4 rings (SSSR count). The number of hydroxylamine groups is 1. The predicted octanol–water partition coefficient (Wildman–Crippen LogP) is 3.46. The molecular weight excluding hydrogens is 374 g/mol. The van der Waals surface area contributed by atoms with Gasteiger partial charge in [-0.3, -0.25) is 24.5 Å². The Morgan fingerprint density at radius 2 is 1.69 bits per heavy atom. The Labute approximate surface area is 167 Å². The number of anilines is 2. The van der Waals surface area contributed by atoms with Gasteiger partial charge in [-0.25, -0.2) is 9.96 Å². The Kier molecular flexibility index (Phi) is 5.02. The smallest absolute Gasteiger partial charge is 0.269 e. The van der Waals surface area contributed by atoms with Crippen molar-refractivity contribution in [2.24, 2.45) is 5.92 Å². The summed E-state index contributed by atoms with van der Waals surface area (Å²) in [7, 11) is 0. The van der Waals surface area contributed by atoms with Crippen LogP contribution in [0.1, 0.15) is 26.2 Å². The van der Waals surface area contributed by atoms with Crippen LogP contribution < -0.4 is 9.96 Å². The summed E-state index contributed by atoms with van der Waals surface area (Å²) in [6.07, 6.45) is 1.70. The van der Waals surface area contributed by atoms with Crippen LogP contribution in [0.3, 0.4) is 0 Å². The molecule has 2 aliphatic rings. The minimum absolute atomic E-state index is 0.0969. The molecule has 2 aliphatic heterocycles. The number of benzene rings is 2. The van der Waals surface area contributed by atoms with Gasteiger partial charge in [-0.2, -0.15) is 0 Å². The minimum Gasteiger partial charge on any atom is -0.273 e. The lowest BCUT2D eigenvalue weighted by molar-refractivity contribution is -0.384. The Balaban J connectivity index is 1.64. The lowest BCUT2D eigenvalue weighted by Gasteiger charge is -2.28. The molecule has 0 bridgehead atoms. The Bertz CT molecular complexity index is 931. The van der Waals surface area contributed by atoms with E-state index >= 15 is 0 Å². The molecule has 2 amide bonds. The van der Waals surface area contributed by atoms with Crippen LogP contribution in [0.15, 0.2) is 54.6 Å². The van der Waals surface area contributed by atoms with Crippen molar-refractivity contribution in [3.63, 3.8) is 0 Å². The number of imide groups is 1. The molecule has 0 aliphatic carbocycles. The number of carbonyl (C=O) groups excluding carboxylic acids is 2. The van der Waals surface area contributed by atoms with Gasteiger partial charge in [0, 0.05) is 12.1 Å². The third-order valence-electron chi connectivity index (χ3n) is 5.42. The first-order chi connectivity index (χ1) is 14.0. The summed E-state index contributed by atoms with van der Waals surface area (Å²) in [6, 6.07) is 14.6. The lowest BCUT2D eigenvalue weighted by atomic mass is 9.92. The lowest BCUT2D eigenvalue weighted by Crippen LogP contribution is -2.40. The Morgan fingerprint density at radius 3 is 2.31 bits per heavy atom. The molecule has 0 aromatic heterocycles. The van der Waals surface area contributed by atoms with Crippen molar-refractivity contribution < 1.29 is 19.3 Å². The maximum atomic E-state index is 13.2. The molecule has 2 heterocycles. The second-order valence-electron chi connectivity index (χ2n) is 7.21. The van der Waals surface area contributed by atoms with E-state index in [4.69, 9.17) is 4.84 Å². The highest BCUT2D eigenvalue weighted by Crippen LogP contribution is 2.42. The fraction of sp³-hybridized carbons (Fsp3) is 0.333. The summed E-state index contributed by atoms with van der Waals surface area (Å²) >= 11 is 0. The maximum Gasteiger partial charge on any atom is 0.269 e. The van der Waals surface area contributed by atoms with Crippen LogP contribution in [0.4, 0.5) is 17.1 Å². The van der Waals surface area contributed by atoms with E-state index in [9.17, 15) is 19.7 Å². The number of nitrogens with zero attached hydrogens (tertiary/aromatic N) is 3. The third kappa shape index (κ3) is 3.25. The fourth-order valence-corrected chi connectivity index (χ4v) is 4.01. The second-order valence-corrected chi connectivity index (χ2v) is 7.21. The van der Waals surface area contributed by atoms with Crippen molar-refractivity contribution >= 4 is 28.9 Å². The van der Waals surface area contributed by atoms with Crippen molar-refractivity contribution in [3.05, 3.63) is 64.7 Å². The van der Waals surface area contributed by atoms with Crippen molar-refractivity contribution in [2.75, 3.05) is 9.96 Å². The number of unbranched alkanes of at least 4 members (excludes halogenated alkanes) is 1. The van der Waals surface area contributed by atoms with Crippen LogP contribution >= 0.6 is 0 Å². The average Bonchev–Trinajstić information content (AvgIpc) is 3.23. The predicted molar refractivity (Wildman–Crippen MR) is 106 cm³/mol. The minimum atomic E-state index is -0.889. The quantitative estimate of drug-likeness (QED) is 0.422. The molecule has 2 aromatic rings. The van der Waals surface area contributed by atoms with Crippen LogP contribution in [0.25, 0.3) is 0 Å². The van der Waals surface area contributed by atoms with Crippen LogP contribution in [0.5, 0.6) is 0 Å². The van der Waals surface area contributed by atoms with Gasteiger partial charge in [0.05, 0.1) is 28.3 Å². The van der Waals surface area contributed by atoms with E-state index in [0.717, 1.165) is 29.8 Å². The fourth-order valence-electron chi connectivity index (χ4n) is 4.01. The van der Waals surface area contributed by atoms with E-state index in [1.54, 1.807) is 5.06 Å². The standard InChI is InChI=1S/C21H21N3O5/c1-2-3-9-17-18-19(29-23(17)15-7-5-4-6-8-15)21(26)22(20(18)25)14-10-12-16(13-11-14)24(27)28/h4-8,10-13,17-19H,2-3,9H2,1H3/t17-,18+,19+/m1/s1. The summed E-state index contributed by atoms with van der Waals surface area (Å²) in [5.41, 5.74) is 1.04. The van der Waals surface area contributed by atoms with E-state index in [-0.39, 0.29) is 17.6 Å². The zero-order chi connectivity index (χ0) is 20.5. The highest BCUT2D eigenvalue weighted by molar-refractivity contribution is 6.23. The molecular formula is C21H21N3O5. The van der Waals surface area contributed by atoms with Crippen molar-refractivity contribution in [1.29, 1.82) is 0 Å². The summed E-state index contributed by atoms with van der Waals surface area (Å²) < 4.78 is 0. The van der Waals surface area contributed by atoms with Crippen molar-refractivity contribution in [1.82, 2.24) is 0 Å². The second kappa shape index (κ2) is 7.63. The molecule has 0 N–H and O–H groups in total. The number of nitro groups is 1. The van der Waals surface area contributed by atoms with Gasteiger partial charge in [0.1, 0.15) is 0 Å². The topological polar surface area (TPSA) is 93.0 Å². The van der Waals surface area contributed by atoms with Gasteiger partial charge in [-0.1, -0.05) is 38.0 Å². The molecule has 0 unspecified atom stereocenters. The number of rotatable bonds is 6. The van der Waals surface area contributed by atoms with Crippen molar-refractivity contribution in [3.8, 4) is 0 Å². The Hall–Kier alpha value is -3.26. The number of carbonyl (C=O) groups is 2. The van der Waals surface area contributed by atoms with Gasteiger partial charge in [-0.15, -0.1) is 0 Å². The van der Waals surface area contributed by atoms with Gasteiger partial charge in [0.2, 0.25) is 5.91 Å². The molecule has 0 radical (unpaired) electrons. The first-order valence-corrected chi connectivity index (χ1v) is 9.66. The summed E-state index contributed by atoms with van der Waals surface area (Å²) in [4.78, 5) is 43.7. The third-order valence-corrected chi connectivity index (χ3v) is 5.42. The number of fused-ring (bicyclic) bond motifs is 1. The van der Waals surface area contributed by atoms with Crippen molar-refractivity contribution in [2.45, 2.75) is 38.3 Å². The molecule has 150 valence electrons. The van der Waals surface area contributed by atoms with Gasteiger partial charge < -0.3 is 0 Å². The molecule has 8 heteroatoms. The molecule has 2 saturated heterocycles. The van der Waals surface area contributed by atoms with E-state index in [2.05, 4.69) is 6.92 Å². The molecule has 0 saturated carbocycles. The van der Waals surface area contributed by atoms with Gasteiger partial charge in [0.15, 0.2) is 6.10 Å². The summed E-state index contributed by atoms with van der Waals surface area (Å²) in [6.45, 7) is 2.07. The molecule has 0 spiro atoms. The van der Waals surface area contributed by atoms with Gasteiger partial charge in [0.25, 0.3) is 11.6 Å². The van der Waals surface area contributed by atoms with Crippen LogP contribution in [-0.2, 0) is 14.4 Å². The molecule has 8 nitrogen and oxygen atoms in total. The normalized spacial score (nSPS) is 23.6. The number of amides is 2. The number of nitro benzene ring substituents is 1. The number of hydrogen-bond acceptors (Lipinski definition) is 6. The van der Waals surface area contributed by atoms with Crippen LogP contribution in [0.2, 0.25) is 0 Å². The number of non-ortho nitro benzene ring substituents is 1. The van der Waals surface area contributed by atoms with E-state index in [1.165, 1.54) is 24.3 Å². The van der Waals surface area contributed by atoms with E-state index < -0.39 is 22.9 Å².